The Hall–Kier alpha value is -1.89. The van der Waals surface area contributed by atoms with Gasteiger partial charge in [0.05, 0.1) is 11.5 Å². The number of nitrogens with zero attached hydrogens (tertiary/aromatic N) is 3. The summed E-state index contributed by atoms with van der Waals surface area (Å²) in [7, 11) is 0. The van der Waals surface area contributed by atoms with E-state index in [1.807, 2.05) is 6.92 Å². The quantitative estimate of drug-likeness (QED) is 0.624. The van der Waals surface area contributed by atoms with Crippen molar-refractivity contribution in [2.45, 2.75) is 46.7 Å². The largest absolute Gasteiger partial charge is 0.360 e. The highest BCUT2D eigenvalue weighted by Gasteiger charge is 2.25. The molecular formula is C14H20N4O2S. The van der Waals surface area contributed by atoms with Crippen molar-refractivity contribution < 1.29 is 4.92 Å². The van der Waals surface area contributed by atoms with E-state index in [4.69, 9.17) is 0 Å². The Morgan fingerprint density at radius 1 is 1.48 bits per heavy atom. The Bertz CT molecular complexity index is 633. The first kappa shape index (κ1) is 15.5. The molecule has 0 aliphatic heterocycles. The van der Waals surface area contributed by atoms with Crippen molar-refractivity contribution >= 4 is 22.8 Å². The van der Waals surface area contributed by atoms with Crippen LogP contribution in [0.15, 0.2) is 11.4 Å². The normalized spacial score (nSPS) is 10.8. The highest BCUT2D eigenvalue weighted by molar-refractivity contribution is 7.10. The summed E-state index contributed by atoms with van der Waals surface area (Å²) in [5.74, 6) is 0.509. The molecule has 0 atom stereocenters. The van der Waals surface area contributed by atoms with E-state index in [1.165, 1.54) is 10.4 Å². The lowest BCUT2D eigenvalue weighted by atomic mass is 10.2. The van der Waals surface area contributed by atoms with Gasteiger partial charge in [0.15, 0.2) is 0 Å². The van der Waals surface area contributed by atoms with E-state index in [2.05, 4.69) is 28.8 Å². The SMILES string of the molecule is CCCn1nc(C)c([N+](=O)[O-])c1NCc1sccc1CC. The highest BCUT2D eigenvalue weighted by atomic mass is 32.1. The van der Waals surface area contributed by atoms with Gasteiger partial charge < -0.3 is 5.32 Å². The number of hydrogen-bond donors (Lipinski definition) is 1. The van der Waals surface area contributed by atoms with E-state index in [9.17, 15) is 10.1 Å². The Morgan fingerprint density at radius 2 is 2.24 bits per heavy atom. The van der Waals surface area contributed by atoms with Crippen LogP contribution in [-0.4, -0.2) is 14.7 Å². The Morgan fingerprint density at radius 3 is 2.86 bits per heavy atom. The van der Waals surface area contributed by atoms with Crippen molar-refractivity contribution in [3.8, 4) is 0 Å². The molecule has 0 saturated carbocycles. The first-order valence-corrected chi connectivity index (χ1v) is 7.97. The van der Waals surface area contributed by atoms with Gasteiger partial charge in [0, 0.05) is 11.4 Å². The Labute approximate surface area is 127 Å². The Kier molecular flexibility index (Phi) is 4.95. The van der Waals surface area contributed by atoms with Crippen LogP contribution < -0.4 is 5.32 Å². The lowest BCUT2D eigenvalue weighted by molar-refractivity contribution is -0.384. The van der Waals surface area contributed by atoms with Gasteiger partial charge in [-0.2, -0.15) is 5.10 Å². The molecule has 0 aliphatic rings. The van der Waals surface area contributed by atoms with Crippen molar-refractivity contribution in [3.63, 3.8) is 0 Å². The molecule has 2 heterocycles. The fourth-order valence-corrected chi connectivity index (χ4v) is 3.26. The summed E-state index contributed by atoms with van der Waals surface area (Å²) in [4.78, 5) is 12.1. The fourth-order valence-electron chi connectivity index (χ4n) is 2.34. The van der Waals surface area contributed by atoms with Crippen LogP contribution in [0.4, 0.5) is 11.5 Å². The van der Waals surface area contributed by atoms with Crippen LogP contribution >= 0.6 is 11.3 Å². The summed E-state index contributed by atoms with van der Waals surface area (Å²) < 4.78 is 1.70. The van der Waals surface area contributed by atoms with Gasteiger partial charge in [0.2, 0.25) is 5.82 Å². The molecule has 0 spiro atoms. The standard InChI is InChI=1S/C14H20N4O2S/c1-4-7-17-14(13(18(19)20)10(3)16-17)15-9-12-11(5-2)6-8-21-12/h6,8,15H,4-5,7,9H2,1-3H3. The predicted molar refractivity (Wildman–Crippen MR) is 84.9 cm³/mol. The second-order valence-corrected chi connectivity index (χ2v) is 5.84. The lowest BCUT2D eigenvalue weighted by Gasteiger charge is -2.08. The number of aryl methyl sites for hydroxylation is 3. The molecule has 0 radical (unpaired) electrons. The summed E-state index contributed by atoms with van der Waals surface area (Å²) in [6.45, 7) is 7.08. The van der Waals surface area contributed by atoms with Gasteiger partial charge in [-0.25, -0.2) is 4.68 Å². The number of nitro groups is 1. The summed E-state index contributed by atoms with van der Waals surface area (Å²) in [6.07, 6.45) is 1.85. The first-order valence-electron chi connectivity index (χ1n) is 7.09. The van der Waals surface area contributed by atoms with E-state index in [0.717, 1.165) is 12.8 Å². The first-order chi connectivity index (χ1) is 10.1. The van der Waals surface area contributed by atoms with Crippen molar-refractivity contribution in [3.05, 3.63) is 37.7 Å². The molecule has 2 aromatic heterocycles. The third-order valence-corrected chi connectivity index (χ3v) is 4.31. The van der Waals surface area contributed by atoms with E-state index in [1.54, 1.807) is 22.9 Å². The third-order valence-electron chi connectivity index (χ3n) is 3.35. The molecule has 0 bridgehead atoms. The number of anilines is 1. The van der Waals surface area contributed by atoms with Crippen LogP contribution in [0.25, 0.3) is 0 Å². The minimum absolute atomic E-state index is 0.0815. The summed E-state index contributed by atoms with van der Waals surface area (Å²) in [6, 6.07) is 2.10. The van der Waals surface area contributed by atoms with Crippen molar-refractivity contribution in [2.75, 3.05) is 5.32 Å². The molecule has 0 aromatic carbocycles. The predicted octanol–water partition coefficient (Wildman–Crippen LogP) is 3.75. The minimum Gasteiger partial charge on any atom is -0.360 e. The van der Waals surface area contributed by atoms with Gasteiger partial charge in [-0.1, -0.05) is 13.8 Å². The molecule has 1 N–H and O–H groups in total. The van der Waals surface area contributed by atoms with E-state index >= 15 is 0 Å². The smallest absolute Gasteiger partial charge is 0.333 e. The zero-order valence-electron chi connectivity index (χ0n) is 12.5. The molecule has 0 saturated heterocycles. The Balaban J connectivity index is 2.27. The second kappa shape index (κ2) is 6.71. The topological polar surface area (TPSA) is 73.0 Å². The third kappa shape index (κ3) is 3.24. The van der Waals surface area contributed by atoms with Gasteiger partial charge in [-0.15, -0.1) is 11.3 Å². The molecule has 0 fully saturated rings. The monoisotopic (exact) mass is 308 g/mol. The maximum absolute atomic E-state index is 11.3. The molecule has 6 nitrogen and oxygen atoms in total. The van der Waals surface area contributed by atoms with E-state index in [0.29, 0.717) is 24.6 Å². The van der Waals surface area contributed by atoms with Gasteiger partial charge in [0.25, 0.3) is 0 Å². The van der Waals surface area contributed by atoms with E-state index in [-0.39, 0.29) is 10.6 Å². The minimum atomic E-state index is -0.355. The average molecular weight is 308 g/mol. The average Bonchev–Trinajstić information content (AvgIpc) is 3.00. The zero-order valence-corrected chi connectivity index (χ0v) is 13.4. The van der Waals surface area contributed by atoms with Crippen LogP contribution in [-0.2, 0) is 19.5 Å². The van der Waals surface area contributed by atoms with Crippen LogP contribution in [0.5, 0.6) is 0 Å². The van der Waals surface area contributed by atoms with E-state index < -0.39 is 0 Å². The number of nitrogens with one attached hydrogen (secondary N) is 1. The van der Waals surface area contributed by atoms with Gasteiger partial charge in [-0.3, -0.25) is 10.1 Å². The van der Waals surface area contributed by atoms with Crippen LogP contribution in [0.1, 0.15) is 36.4 Å². The number of hydrogen-bond acceptors (Lipinski definition) is 5. The highest BCUT2D eigenvalue weighted by Crippen LogP contribution is 2.29. The molecule has 0 amide bonds. The number of thiophene rings is 1. The van der Waals surface area contributed by atoms with Crippen LogP contribution in [0.2, 0.25) is 0 Å². The molecule has 0 aliphatic carbocycles. The molecular weight excluding hydrogens is 288 g/mol. The van der Waals surface area contributed by atoms with Gasteiger partial charge in [0.1, 0.15) is 5.69 Å². The molecule has 21 heavy (non-hydrogen) atoms. The van der Waals surface area contributed by atoms with Crippen molar-refractivity contribution in [2.24, 2.45) is 0 Å². The maximum Gasteiger partial charge on any atom is 0.333 e. The van der Waals surface area contributed by atoms with Crippen LogP contribution in [0, 0.1) is 17.0 Å². The molecule has 114 valence electrons. The summed E-state index contributed by atoms with van der Waals surface area (Å²) >= 11 is 1.67. The summed E-state index contributed by atoms with van der Waals surface area (Å²) in [5, 5.41) is 20.8. The van der Waals surface area contributed by atoms with Gasteiger partial charge >= 0.3 is 5.69 Å². The zero-order chi connectivity index (χ0) is 15.4. The van der Waals surface area contributed by atoms with Crippen molar-refractivity contribution in [1.82, 2.24) is 9.78 Å². The molecule has 0 unspecified atom stereocenters. The number of rotatable bonds is 7. The van der Waals surface area contributed by atoms with Crippen molar-refractivity contribution in [1.29, 1.82) is 0 Å². The maximum atomic E-state index is 11.3. The van der Waals surface area contributed by atoms with Crippen LogP contribution in [0.3, 0.4) is 0 Å². The second-order valence-electron chi connectivity index (χ2n) is 4.84. The molecule has 2 rings (SSSR count). The fraction of sp³-hybridized carbons (Fsp3) is 0.500. The van der Waals surface area contributed by atoms with Gasteiger partial charge in [-0.05, 0) is 36.8 Å². The molecule has 2 aromatic rings. The molecule has 7 heteroatoms. The number of aromatic nitrogens is 2. The lowest BCUT2D eigenvalue weighted by Crippen LogP contribution is -2.09. The summed E-state index contributed by atoms with van der Waals surface area (Å²) in [5.41, 5.74) is 1.82.